The summed E-state index contributed by atoms with van der Waals surface area (Å²) in [5.41, 5.74) is 3.76. The number of hydrogen-bond donors (Lipinski definition) is 1. The maximum atomic E-state index is 15.1. The number of aryl methyl sites for hydroxylation is 2. The zero-order valence-electron chi connectivity index (χ0n) is 17.4. The first-order valence-corrected chi connectivity index (χ1v) is 12.1. The Kier molecular flexibility index (Phi) is 6.35. The fourth-order valence-corrected chi connectivity index (χ4v) is 6.17. The lowest BCUT2D eigenvalue weighted by Crippen LogP contribution is -2.39. The Morgan fingerprint density at radius 2 is 1.26 bits per heavy atom. The third-order valence-electron chi connectivity index (χ3n) is 6.03. The van der Waals surface area contributed by atoms with E-state index in [0.717, 1.165) is 34.8 Å². The summed E-state index contributed by atoms with van der Waals surface area (Å²) in [6.07, 6.45) is 0. The Bertz CT molecular complexity index is 824. The molecule has 0 saturated carbocycles. The highest BCUT2D eigenvalue weighted by Crippen LogP contribution is 2.46. The van der Waals surface area contributed by atoms with Crippen molar-refractivity contribution in [2.45, 2.75) is 66.6 Å². The number of benzene rings is 2. The average Bonchev–Trinajstić information content (AvgIpc) is 2.64. The molecular formula is C22H30F2O2Si. The molecule has 0 amide bonds. The molecule has 2 aromatic rings. The van der Waals surface area contributed by atoms with Crippen LogP contribution in [0.5, 0.6) is 11.5 Å². The van der Waals surface area contributed by atoms with Gasteiger partial charge in [-0.2, -0.15) is 0 Å². The van der Waals surface area contributed by atoms with Gasteiger partial charge in [-0.15, -0.1) is 0 Å². The predicted octanol–water partition coefficient (Wildman–Crippen LogP) is 6.96. The van der Waals surface area contributed by atoms with Crippen LogP contribution in [0.3, 0.4) is 0 Å². The number of aromatic hydroxyl groups is 1. The highest BCUT2D eigenvalue weighted by molar-refractivity contribution is 6.74. The highest BCUT2D eigenvalue weighted by atomic mass is 28.4. The van der Waals surface area contributed by atoms with Gasteiger partial charge in [-0.3, -0.25) is 0 Å². The summed E-state index contributed by atoms with van der Waals surface area (Å²) < 4.78 is 35.9. The molecule has 0 aromatic heterocycles. The van der Waals surface area contributed by atoms with E-state index in [1.165, 1.54) is 12.1 Å². The molecule has 5 heteroatoms. The second-order valence-corrected chi connectivity index (χ2v) is 12.1. The Labute approximate surface area is 162 Å². The normalized spacial score (nSPS) is 11.7. The van der Waals surface area contributed by atoms with Crippen molar-refractivity contribution < 1.29 is 18.3 Å². The zero-order chi connectivity index (χ0) is 20.5. The van der Waals surface area contributed by atoms with E-state index in [0.29, 0.717) is 16.7 Å². The van der Waals surface area contributed by atoms with Gasteiger partial charge >= 0.3 is 0 Å². The van der Waals surface area contributed by atoms with E-state index in [4.69, 9.17) is 4.43 Å². The first-order chi connectivity index (χ1) is 12.6. The molecule has 0 saturated heterocycles. The third kappa shape index (κ3) is 3.75. The fourth-order valence-electron chi connectivity index (χ4n) is 3.60. The summed E-state index contributed by atoms with van der Waals surface area (Å²) >= 11 is 0. The topological polar surface area (TPSA) is 29.5 Å². The van der Waals surface area contributed by atoms with Crippen molar-refractivity contribution >= 4 is 8.32 Å². The van der Waals surface area contributed by atoms with E-state index in [-0.39, 0.29) is 5.75 Å². The number of phenols is 1. The van der Waals surface area contributed by atoms with Crippen molar-refractivity contribution in [1.29, 1.82) is 0 Å². The molecule has 2 aromatic carbocycles. The first-order valence-electron chi connectivity index (χ1n) is 9.60. The number of phenolic OH excluding ortho intramolecular Hbond substituents is 1. The van der Waals surface area contributed by atoms with Crippen LogP contribution in [-0.4, -0.2) is 13.4 Å². The van der Waals surface area contributed by atoms with Gasteiger partial charge in [0, 0.05) is 11.1 Å². The van der Waals surface area contributed by atoms with Gasteiger partial charge in [-0.1, -0.05) is 20.8 Å². The SMILES string of the molecule is CC[Si](CC)(CC)Oc1c(F)cc(C)c(C)c1-c1c(C)c(C)cc(F)c1O. The van der Waals surface area contributed by atoms with Crippen LogP contribution in [0, 0.1) is 39.3 Å². The van der Waals surface area contributed by atoms with Gasteiger partial charge in [-0.05, 0) is 80.2 Å². The van der Waals surface area contributed by atoms with Crippen LogP contribution in [0.1, 0.15) is 43.0 Å². The van der Waals surface area contributed by atoms with Gasteiger partial charge in [0.05, 0.1) is 0 Å². The maximum absolute atomic E-state index is 15.1. The number of hydrogen-bond acceptors (Lipinski definition) is 2. The molecule has 2 nitrogen and oxygen atoms in total. The molecule has 0 unspecified atom stereocenters. The molecule has 0 aliphatic carbocycles. The maximum Gasteiger partial charge on any atom is 0.250 e. The minimum Gasteiger partial charge on any atom is -0.541 e. The summed E-state index contributed by atoms with van der Waals surface area (Å²) in [7, 11) is -2.17. The van der Waals surface area contributed by atoms with Crippen molar-refractivity contribution in [3.63, 3.8) is 0 Å². The van der Waals surface area contributed by atoms with Gasteiger partial charge in [0.1, 0.15) is 5.75 Å². The minimum atomic E-state index is -2.17. The Morgan fingerprint density at radius 3 is 1.74 bits per heavy atom. The van der Waals surface area contributed by atoms with Crippen LogP contribution in [-0.2, 0) is 0 Å². The van der Waals surface area contributed by atoms with Crippen LogP contribution in [0.4, 0.5) is 8.78 Å². The third-order valence-corrected chi connectivity index (χ3v) is 10.5. The van der Waals surface area contributed by atoms with E-state index in [2.05, 4.69) is 20.8 Å². The van der Waals surface area contributed by atoms with Crippen LogP contribution >= 0.6 is 0 Å². The van der Waals surface area contributed by atoms with Crippen molar-refractivity contribution in [3.8, 4) is 22.6 Å². The summed E-state index contributed by atoms with van der Waals surface area (Å²) in [5, 5.41) is 10.5. The number of rotatable bonds is 6. The standard InChI is InChI=1S/C22H30F2O2Si/c1-8-27(9-2,10-3)26-22-18(24)12-14(5)16(7)20(22)19-15(6)13(4)11-17(23)21(19)25/h11-12,25H,8-10H2,1-7H3. The lowest BCUT2D eigenvalue weighted by atomic mass is 9.90. The van der Waals surface area contributed by atoms with Crippen LogP contribution in [0.2, 0.25) is 18.1 Å². The van der Waals surface area contributed by atoms with Crippen LogP contribution in [0.15, 0.2) is 12.1 Å². The predicted molar refractivity (Wildman–Crippen MR) is 110 cm³/mol. The number of halogens is 2. The van der Waals surface area contributed by atoms with E-state index in [1.54, 1.807) is 6.92 Å². The molecule has 0 spiro atoms. The summed E-state index contributed by atoms with van der Waals surface area (Å²) in [6, 6.07) is 5.35. The second-order valence-electron chi connectivity index (χ2n) is 7.37. The van der Waals surface area contributed by atoms with E-state index < -0.39 is 25.7 Å². The van der Waals surface area contributed by atoms with Crippen LogP contribution in [0.25, 0.3) is 11.1 Å². The van der Waals surface area contributed by atoms with Crippen molar-refractivity contribution in [1.82, 2.24) is 0 Å². The van der Waals surface area contributed by atoms with Gasteiger partial charge in [-0.25, -0.2) is 8.78 Å². The molecule has 2 rings (SSSR count). The molecule has 0 aliphatic heterocycles. The van der Waals surface area contributed by atoms with Gasteiger partial charge in [0.15, 0.2) is 17.4 Å². The minimum absolute atomic E-state index is 0.152. The quantitative estimate of drug-likeness (QED) is 0.539. The van der Waals surface area contributed by atoms with Gasteiger partial charge < -0.3 is 9.53 Å². The lowest BCUT2D eigenvalue weighted by molar-refractivity contribution is 0.432. The lowest BCUT2D eigenvalue weighted by Gasteiger charge is -2.31. The van der Waals surface area contributed by atoms with Gasteiger partial charge in [0.2, 0.25) is 0 Å². The molecule has 1 N–H and O–H groups in total. The smallest absolute Gasteiger partial charge is 0.250 e. The Hall–Kier alpha value is -1.88. The average molecular weight is 393 g/mol. The van der Waals surface area contributed by atoms with Crippen molar-refractivity contribution in [2.24, 2.45) is 0 Å². The van der Waals surface area contributed by atoms with E-state index >= 15 is 4.39 Å². The van der Waals surface area contributed by atoms with E-state index in [9.17, 15) is 9.50 Å². The molecule has 0 fully saturated rings. The van der Waals surface area contributed by atoms with Crippen molar-refractivity contribution in [2.75, 3.05) is 0 Å². The summed E-state index contributed by atoms with van der Waals surface area (Å²) in [4.78, 5) is 0. The summed E-state index contributed by atoms with van der Waals surface area (Å²) in [6.45, 7) is 13.5. The first kappa shape index (κ1) is 21.4. The fraction of sp³-hybridized carbons (Fsp3) is 0.455. The molecule has 0 heterocycles. The zero-order valence-corrected chi connectivity index (χ0v) is 18.4. The largest absolute Gasteiger partial charge is 0.541 e. The highest BCUT2D eigenvalue weighted by Gasteiger charge is 2.34. The molecule has 0 bridgehead atoms. The summed E-state index contributed by atoms with van der Waals surface area (Å²) in [5.74, 6) is -1.46. The Morgan fingerprint density at radius 1 is 0.815 bits per heavy atom. The molecular weight excluding hydrogens is 362 g/mol. The monoisotopic (exact) mass is 392 g/mol. The molecule has 27 heavy (non-hydrogen) atoms. The van der Waals surface area contributed by atoms with E-state index in [1.807, 2.05) is 20.8 Å². The van der Waals surface area contributed by atoms with Gasteiger partial charge in [0.25, 0.3) is 8.32 Å². The Balaban J connectivity index is 2.90. The molecule has 0 radical (unpaired) electrons. The molecule has 148 valence electrons. The second kappa shape index (κ2) is 8.01. The van der Waals surface area contributed by atoms with Crippen LogP contribution < -0.4 is 4.43 Å². The molecule has 0 aliphatic rings. The molecule has 0 atom stereocenters. The van der Waals surface area contributed by atoms with Crippen molar-refractivity contribution in [3.05, 3.63) is 46.0 Å².